The minimum absolute atomic E-state index is 0.278. The molecule has 1 aromatic carbocycles. The van der Waals surface area contributed by atoms with E-state index in [2.05, 4.69) is 5.10 Å². The Kier molecular flexibility index (Phi) is 2.72. The zero-order valence-corrected chi connectivity index (χ0v) is 13.1. The standard InChI is InChI=1S/C17H20N4O2/c22-20-15-7-11-3-1-4-12(11)8-16(15)21(23)18-17(20)19-9-13-5-2-6-14(13)10-19/h7-8,13-14H,1-6,9-10H2. The van der Waals surface area contributed by atoms with Crippen LogP contribution in [0.2, 0.25) is 0 Å². The van der Waals surface area contributed by atoms with Crippen LogP contribution in [0.1, 0.15) is 36.8 Å². The van der Waals surface area contributed by atoms with E-state index in [4.69, 9.17) is 0 Å². The molecule has 120 valence electrons. The van der Waals surface area contributed by atoms with Crippen molar-refractivity contribution in [1.82, 2.24) is 5.10 Å². The van der Waals surface area contributed by atoms with E-state index in [0.29, 0.717) is 27.7 Å². The lowest BCUT2D eigenvalue weighted by Crippen LogP contribution is -2.47. The van der Waals surface area contributed by atoms with Gasteiger partial charge in [-0.05, 0) is 61.1 Å². The number of hydrogen-bond donors (Lipinski definition) is 0. The summed E-state index contributed by atoms with van der Waals surface area (Å²) in [6.45, 7) is 1.71. The molecule has 23 heavy (non-hydrogen) atoms. The van der Waals surface area contributed by atoms with Crippen LogP contribution in [0.3, 0.4) is 0 Å². The van der Waals surface area contributed by atoms with Gasteiger partial charge in [0.1, 0.15) is 0 Å². The van der Waals surface area contributed by atoms with Gasteiger partial charge >= 0.3 is 5.95 Å². The van der Waals surface area contributed by atoms with Crippen LogP contribution in [0.4, 0.5) is 5.95 Å². The van der Waals surface area contributed by atoms with Gasteiger partial charge in [-0.1, -0.05) is 6.42 Å². The molecule has 2 heterocycles. The molecule has 2 aliphatic carbocycles. The third kappa shape index (κ3) is 1.90. The van der Waals surface area contributed by atoms with E-state index in [-0.39, 0.29) is 5.95 Å². The van der Waals surface area contributed by atoms with Crippen LogP contribution in [-0.4, -0.2) is 18.2 Å². The first kappa shape index (κ1) is 13.3. The fourth-order valence-electron chi connectivity index (χ4n) is 4.79. The van der Waals surface area contributed by atoms with Crippen LogP contribution >= 0.6 is 0 Å². The van der Waals surface area contributed by atoms with Gasteiger partial charge in [0, 0.05) is 10.9 Å². The first-order chi connectivity index (χ1) is 11.2. The normalized spacial score (nSPS) is 26.0. The zero-order chi connectivity index (χ0) is 15.6. The number of benzene rings is 1. The summed E-state index contributed by atoms with van der Waals surface area (Å²) in [5, 5.41) is 29.3. The van der Waals surface area contributed by atoms with Crippen LogP contribution in [0.25, 0.3) is 11.0 Å². The Morgan fingerprint density at radius 1 is 0.957 bits per heavy atom. The molecule has 2 aromatic rings. The molecule has 0 N–H and O–H groups in total. The van der Waals surface area contributed by atoms with E-state index in [9.17, 15) is 10.4 Å². The largest absolute Gasteiger partial charge is 0.739 e. The first-order valence-electron chi connectivity index (χ1n) is 8.64. The zero-order valence-electron chi connectivity index (χ0n) is 13.1. The summed E-state index contributed by atoms with van der Waals surface area (Å²) < 4.78 is 0.878. The Bertz CT molecular complexity index is 795. The van der Waals surface area contributed by atoms with Crippen molar-refractivity contribution < 1.29 is 9.58 Å². The van der Waals surface area contributed by atoms with Crippen molar-refractivity contribution in [1.29, 1.82) is 0 Å². The first-order valence-corrected chi connectivity index (χ1v) is 8.64. The summed E-state index contributed by atoms with van der Waals surface area (Å²) in [5.41, 5.74) is 3.25. The second-order valence-corrected chi connectivity index (χ2v) is 7.29. The van der Waals surface area contributed by atoms with Gasteiger partial charge in [0.2, 0.25) is 5.10 Å². The fraction of sp³-hybridized carbons (Fsp3) is 0.588. The van der Waals surface area contributed by atoms with E-state index in [1.54, 1.807) is 0 Å². The number of anilines is 1. The third-order valence-electron chi connectivity index (χ3n) is 5.98. The number of aromatic nitrogens is 3. The minimum atomic E-state index is 0.278. The van der Waals surface area contributed by atoms with Crippen molar-refractivity contribution in [2.75, 3.05) is 18.0 Å². The molecular formula is C17H20N4O2. The molecule has 0 amide bonds. The van der Waals surface area contributed by atoms with Crippen LogP contribution in [0.15, 0.2) is 12.1 Å². The van der Waals surface area contributed by atoms with Crippen LogP contribution < -0.4 is 14.5 Å². The summed E-state index contributed by atoms with van der Waals surface area (Å²) in [4.78, 5) is 2.66. The third-order valence-corrected chi connectivity index (χ3v) is 5.98. The van der Waals surface area contributed by atoms with E-state index >= 15 is 0 Å². The topological polar surface area (TPSA) is 70.0 Å². The lowest BCUT2D eigenvalue weighted by Gasteiger charge is -2.16. The molecule has 1 aliphatic heterocycles. The molecule has 6 heteroatoms. The van der Waals surface area contributed by atoms with Crippen molar-refractivity contribution in [3.63, 3.8) is 0 Å². The van der Waals surface area contributed by atoms with Gasteiger partial charge in [-0.3, -0.25) is 4.90 Å². The van der Waals surface area contributed by atoms with E-state index < -0.39 is 0 Å². The average molecular weight is 312 g/mol. The number of aryl methyl sites for hydroxylation is 2. The smallest absolute Gasteiger partial charge is 0.463 e. The Balaban J connectivity index is 1.62. The van der Waals surface area contributed by atoms with Gasteiger partial charge in [-0.25, -0.2) is 4.73 Å². The van der Waals surface area contributed by atoms with Crippen molar-refractivity contribution in [3.8, 4) is 0 Å². The Labute approximate surface area is 134 Å². The molecule has 5 rings (SSSR count). The van der Waals surface area contributed by atoms with E-state index in [1.165, 1.54) is 30.4 Å². The molecule has 0 spiro atoms. The van der Waals surface area contributed by atoms with Crippen LogP contribution in [0.5, 0.6) is 0 Å². The molecule has 1 saturated heterocycles. The molecule has 1 aromatic heterocycles. The summed E-state index contributed by atoms with van der Waals surface area (Å²) in [6.07, 6.45) is 6.84. The lowest BCUT2D eigenvalue weighted by molar-refractivity contribution is -0.673. The second-order valence-electron chi connectivity index (χ2n) is 7.29. The van der Waals surface area contributed by atoms with Crippen LogP contribution in [-0.2, 0) is 12.8 Å². The second kappa shape index (κ2) is 4.69. The minimum Gasteiger partial charge on any atom is -0.739 e. The molecule has 6 nitrogen and oxygen atoms in total. The highest BCUT2D eigenvalue weighted by atomic mass is 16.5. The maximum absolute atomic E-state index is 12.8. The SMILES string of the molecule is [O-][n+]1nc(N2CC3CCCC3C2)[n+]([O-])c2cc3c(cc21)CCC3. The summed E-state index contributed by atoms with van der Waals surface area (Å²) in [7, 11) is 0. The summed E-state index contributed by atoms with van der Waals surface area (Å²) >= 11 is 0. The predicted octanol–water partition coefficient (Wildman–Crippen LogP) is 1.23. The Hall–Kier alpha value is -2.11. The highest BCUT2D eigenvalue weighted by Crippen LogP contribution is 2.38. The number of nitrogens with zero attached hydrogens (tertiary/aromatic N) is 4. The van der Waals surface area contributed by atoms with Gasteiger partial charge in [0.25, 0.3) is 5.52 Å². The fourth-order valence-corrected chi connectivity index (χ4v) is 4.79. The van der Waals surface area contributed by atoms with Crippen molar-refractivity contribution >= 4 is 17.0 Å². The number of rotatable bonds is 1. The van der Waals surface area contributed by atoms with Crippen molar-refractivity contribution in [2.24, 2.45) is 11.8 Å². The predicted molar refractivity (Wildman–Crippen MR) is 84.7 cm³/mol. The summed E-state index contributed by atoms with van der Waals surface area (Å²) in [5.74, 6) is 1.60. The molecule has 2 unspecified atom stereocenters. The molecule has 2 atom stereocenters. The summed E-state index contributed by atoms with van der Waals surface area (Å²) in [6, 6.07) is 3.76. The Morgan fingerprint density at radius 3 is 2.30 bits per heavy atom. The average Bonchev–Trinajstić information content (AvgIpc) is 3.23. The maximum Gasteiger partial charge on any atom is 0.463 e. The molecule has 1 saturated carbocycles. The Morgan fingerprint density at radius 2 is 1.61 bits per heavy atom. The monoisotopic (exact) mass is 312 g/mol. The lowest BCUT2D eigenvalue weighted by atomic mass is 10.0. The highest BCUT2D eigenvalue weighted by Gasteiger charge is 2.42. The van der Waals surface area contributed by atoms with Gasteiger partial charge < -0.3 is 10.4 Å². The van der Waals surface area contributed by atoms with Crippen molar-refractivity contribution in [2.45, 2.75) is 38.5 Å². The molecule has 3 aliphatic rings. The van der Waals surface area contributed by atoms with Gasteiger partial charge in [-0.2, -0.15) is 0 Å². The molecule has 0 bridgehead atoms. The number of hydrogen-bond acceptors (Lipinski definition) is 4. The quantitative estimate of drug-likeness (QED) is 0.586. The molecule has 2 fully saturated rings. The van der Waals surface area contributed by atoms with Gasteiger partial charge in [0.05, 0.1) is 13.1 Å². The van der Waals surface area contributed by atoms with Crippen LogP contribution in [0, 0.1) is 22.3 Å². The van der Waals surface area contributed by atoms with E-state index in [0.717, 1.165) is 37.1 Å². The van der Waals surface area contributed by atoms with Crippen molar-refractivity contribution in [3.05, 3.63) is 33.7 Å². The van der Waals surface area contributed by atoms with Gasteiger partial charge in [0.15, 0.2) is 5.52 Å². The molecule has 0 radical (unpaired) electrons. The maximum atomic E-state index is 12.8. The van der Waals surface area contributed by atoms with Gasteiger partial charge in [-0.15, -0.1) is 0 Å². The molecular weight excluding hydrogens is 292 g/mol. The van der Waals surface area contributed by atoms with E-state index in [1.807, 2.05) is 17.0 Å². The number of fused-ring (bicyclic) bond motifs is 3. The highest BCUT2D eigenvalue weighted by molar-refractivity contribution is 5.71.